The molecule has 1 heteroatoms. The Kier molecular flexibility index (Phi) is 7.45. The van der Waals surface area contributed by atoms with Crippen molar-refractivity contribution in [1.82, 2.24) is 0 Å². The maximum Gasteiger partial charge on any atom is 0.0802 e. The average Bonchev–Trinajstić information content (AvgIpc) is 2.37. The molecule has 120 valence electrons. The van der Waals surface area contributed by atoms with Gasteiger partial charge in [-0.3, -0.25) is 0 Å². The normalized spacial score (nSPS) is 36.2. The van der Waals surface area contributed by atoms with E-state index in [0.29, 0.717) is 11.8 Å². The van der Waals surface area contributed by atoms with Gasteiger partial charge in [-0.25, -0.2) is 0 Å². The third-order valence-corrected chi connectivity index (χ3v) is 4.61. The van der Waals surface area contributed by atoms with Crippen molar-refractivity contribution in [3.05, 3.63) is 35.5 Å². The summed E-state index contributed by atoms with van der Waals surface area (Å²) in [7, 11) is 0. The second-order valence-corrected chi connectivity index (χ2v) is 7.34. The molecule has 2 atom stereocenters. The van der Waals surface area contributed by atoms with E-state index in [0.717, 1.165) is 32.1 Å². The lowest BCUT2D eigenvalue weighted by atomic mass is 9.87. The van der Waals surface area contributed by atoms with Gasteiger partial charge in [0.2, 0.25) is 0 Å². The minimum atomic E-state index is -0.682. The highest BCUT2D eigenvalue weighted by molar-refractivity contribution is 5.08. The molecular weight excluding hydrogens is 256 g/mol. The fourth-order valence-electron chi connectivity index (χ4n) is 2.82. The average molecular weight is 290 g/mol. The number of rotatable bonds is 1. The zero-order chi connectivity index (χ0) is 15.9. The van der Waals surface area contributed by atoms with E-state index < -0.39 is 5.60 Å². The van der Waals surface area contributed by atoms with Crippen LogP contribution in [0, 0.1) is 11.8 Å². The summed E-state index contributed by atoms with van der Waals surface area (Å²) in [5.41, 5.74) is 2.26. The van der Waals surface area contributed by atoms with Gasteiger partial charge in [-0.05, 0) is 71.1 Å². The van der Waals surface area contributed by atoms with Crippen LogP contribution in [0.4, 0.5) is 0 Å². The van der Waals surface area contributed by atoms with Gasteiger partial charge in [-0.2, -0.15) is 0 Å². The van der Waals surface area contributed by atoms with Crippen LogP contribution in [-0.4, -0.2) is 10.7 Å². The van der Waals surface area contributed by atoms with E-state index in [1.807, 2.05) is 13.0 Å². The van der Waals surface area contributed by atoms with Gasteiger partial charge >= 0.3 is 0 Å². The molecule has 0 aliphatic heterocycles. The molecule has 0 aromatic carbocycles. The summed E-state index contributed by atoms with van der Waals surface area (Å²) in [5, 5.41) is 10.5. The molecule has 1 rings (SSSR count). The topological polar surface area (TPSA) is 20.2 Å². The molecule has 0 spiro atoms. The van der Waals surface area contributed by atoms with Crippen LogP contribution in [0.25, 0.3) is 0 Å². The predicted molar refractivity (Wildman–Crippen MR) is 93.3 cm³/mol. The van der Waals surface area contributed by atoms with Gasteiger partial charge in [0.1, 0.15) is 0 Å². The van der Waals surface area contributed by atoms with E-state index in [1.165, 1.54) is 17.6 Å². The molecule has 0 radical (unpaired) electrons. The fourth-order valence-corrected chi connectivity index (χ4v) is 2.82. The minimum Gasteiger partial charge on any atom is -0.386 e. The molecule has 0 heterocycles. The first kappa shape index (κ1) is 18.2. The summed E-state index contributed by atoms with van der Waals surface area (Å²) in [6.07, 6.45) is 15.4. The smallest absolute Gasteiger partial charge is 0.0802 e. The lowest BCUT2D eigenvalue weighted by Crippen LogP contribution is -2.21. The Labute approximate surface area is 131 Å². The summed E-state index contributed by atoms with van der Waals surface area (Å²) < 4.78 is 0. The highest BCUT2D eigenvalue weighted by atomic mass is 16.3. The van der Waals surface area contributed by atoms with Crippen molar-refractivity contribution in [2.24, 2.45) is 11.8 Å². The van der Waals surface area contributed by atoms with Crippen molar-refractivity contribution in [3.8, 4) is 0 Å². The van der Waals surface area contributed by atoms with E-state index in [2.05, 4.69) is 45.9 Å². The molecule has 0 bridgehead atoms. The zero-order valence-electron chi connectivity index (χ0n) is 14.7. The quantitative estimate of drug-likeness (QED) is 0.604. The van der Waals surface area contributed by atoms with Crippen molar-refractivity contribution in [3.63, 3.8) is 0 Å². The lowest BCUT2D eigenvalue weighted by molar-refractivity contribution is 0.102. The van der Waals surface area contributed by atoms with Crippen LogP contribution in [0.5, 0.6) is 0 Å². The molecular formula is C20H34O. The molecule has 1 aliphatic rings. The molecule has 1 aliphatic carbocycles. The number of hydrogen-bond acceptors (Lipinski definition) is 1. The van der Waals surface area contributed by atoms with Gasteiger partial charge in [-0.1, -0.05) is 49.3 Å². The van der Waals surface area contributed by atoms with Crippen LogP contribution < -0.4 is 0 Å². The van der Waals surface area contributed by atoms with E-state index in [9.17, 15) is 5.11 Å². The monoisotopic (exact) mass is 290 g/mol. The molecule has 0 aromatic heterocycles. The molecule has 0 saturated heterocycles. The molecule has 21 heavy (non-hydrogen) atoms. The molecule has 0 amide bonds. The highest BCUT2D eigenvalue weighted by Gasteiger charge is 2.17. The van der Waals surface area contributed by atoms with Crippen LogP contribution in [0.2, 0.25) is 0 Å². The maximum atomic E-state index is 10.5. The van der Waals surface area contributed by atoms with Crippen LogP contribution in [0.15, 0.2) is 35.5 Å². The Bertz CT molecular complexity index is 396. The summed E-state index contributed by atoms with van der Waals surface area (Å²) in [6, 6.07) is 0. The summed E-state index contributed by atoms with van der Waals surface area (Å²) in [5.74, 6) is 1.18. The molecule has 0 unspecified atom stereocenters. The zero-order valence-corrected chi connectivity index (χ0v) is 14.7. The van der Waals surface area contributed by atoms with Crippen LogP contribution in [-0.2, 0) is 0 Å². The summed E-state index contributed by atoms with van der Waals surface area (Å²) in [6.45, 7) is 10.9. The van der Waals surface area contributed by atoms with Gasteiger partial charge in [0.05, 0.1) is 5.60 Å². The minimum absolute atomic E-state index is 0.556. The molecule has 1 nitrogen and oxygen atoms in total. The van der Waals surface area contributed by atoms with Gasteiger partial charge in [-0.15, -0.1) is 0 Å². The maximum absolute atomic E-state index is 10.5. The van der Waals surface area contributed by atoms with Crippen LogP contribution >= 0.6 is 0 Å². The lowest BCUT2D eigenvalue weighted by Gasteiger charge is -2.22. The first-order chi connectivity index (χ1) is 9.80. The van der Waals surface area contributed by atoms with Gasteiger partial charge in [0, 0.05) is 0 Å². The highest BCUT2D eigenvalue weighted by Crippen LogP contribution is 2.25. The van der Waals surface area contributed by atoms with Gasteiger partial charge < -0.3 is 5.11 Å². The largest absolute Gasteiger partial charge is 0.386 e. The predicted octanol–water partition coefficient (Wildman–Crippen LogP) is 5.81. The Morgan fingerprint density at radius 2 is 1.71 bits per heavy atom. The van der Waals surface area contributed by atoms with E-state index in [-0.39, 0.29) is 0 Å². The van der Waals surface area contributed by atoms with Crippen molar-refractivity contribution in [1.29, 1.82) is 0 Å². The number of aliphatic hydroxyl groups is 1. The van der Waals surface area contributed by atoms with Gasteiger partial charge in [0.15, 0.2) is 0 Å². The third kappa shape index (κ3) is 7.66. The molecule has 0 saturated carbocycles. The van der Waals surface area contributed by atoms with Crippen LogP contribution in [0.1, 0.15) is 73.1 Å². The number of hydrogen-bond donors (Lipinski definition) is 1. The third-order valence-electron chi connectivity index (χ3n) is 4.61. The Hall–Kier alpha value is -0.820. The SMILES string of the molecule is C/C1=C/CC/C(C)=C/CC[C@](C)(O)/C=C/[C@H](C(C)C)CC1. The fraction of sp³-hybridized carbons (Fsp3) is 0.700. The number of allylic oxidation sites excluding steroid dienone is 5. The van der Waals surface area contributed by atoms with Gasteiger partial charge in [0.25, 0.3) is 0 Å². The second kappa shape index (κ2) is 8.58. The molecule has 1 N–H and O–H groups in total. The second-order valence-electron chi connectivity index (χ2n) is 7.34. The van der Waals surface area contributed by atoms with E-state index in [4.69, 9.17) is 0 Å². The van der Waals surface area contributed by atoms with E-state index in [1.54, 1.807) is 0 Å². The Morgan fingerprint density at radius 3 is 2.38 bits per heavy atom. The van der Waals surface area contributed by atoms with Crippen molar-refractivity contribution in [2.45, 2.75) is 78.7 Å². The molecule has 0 fully saturated rings. The summed E-state index contributed by atoms with van der Waals surface area (Å²) >= 11 is 0. The summed E-state index contributed by atoms with van der Waals surface area (Å²) in [4.78, 5) is 0. The first-order valence-electron chi connectivity index (χ1n) is 8.53. The molecule has 0 aromatic rings. The Balaban J connectivity index is 2.87. The van der Waals surface area contributed by atoms with Crippen molar-refractivity contribution >= 4 is 0 Å². The Morgan fingerprint density at radius 1 is 1.10 bits per heavy atom. The standard InChI is InChI=1S/C20H34O/c1-16(2)19-12-11-18(4)9-6-8-17(3)10-7-14-20(5,21)15-13-19/h9-10,13,15-16,19,21H,6-8,11-12,14H2,1-5H3/b15-13+,17-10+,18-9-/t19-,20+/m1/s1. The first-order valence-corrected chi connectivity index (χ1v) is 8.53. The van der Waals surface area contributed by atoms with Crippen molar-refractivity contribution in [2.75, 3.05) is 0 Å². The van der Waals surface area contributed by atoms with Crippen molar-refractivity contribution < 1.29 is 5.11 Å². The van der Waals surface area contributed by atoms with Crippen LogP contribution in [0.3, 0.4) is 0 Å². The van der Waals surface area contributed by atoms with E-state index >= 15 is 0 Å².